The molecule has 3 heterocycles. The molecule has 2 aliphatic heterocycles. The maximum Gasteiger partial charge on any atom is 0.475 e. The molecule has 24 heavy (non-hydrogen) atoms. The molecule has 0 unspecified atom stereocenters. The zero-order chi connectivity index (χ0) is 16.7. The summed E-state index contributed by atoms with van der Waals surface area (Å²) in [6.45, 7) is 0. The highest BCUT2D eigenvalue weighted by Gasteiger charge is 2.45. The Kier molecular flexibility index (Phi) is 4.08. The van der Waals surface area contributed by atoms with Crippen LogP contribution >= 0.6 is 0 Å². The fourth-order valence-corrected chi connectivity index (χ4v) is 3.86. The maximum atomic E-state index is 12.5. The van der Waals surface area contributed by atoms with Crippen molar-refractivity contribution in [1.29, 1.82) is 0 Å². The van der Waals surface area contributed by atoms with Crippen LogP contribution in [0.3, 0.4) is 0 Å². The third-order valence-corrected chi connectivity index (χ3v) is 5.13. The highest BCUT2D eigenvalue weighted by Crippen LogP contribution is 2.38. The zero-order valence-electron chi connectivity index (χ0n) is 13.2. The van der Waals surface area contributed by atoms with Gasteiger partial charge in [0.1, 0.15) is 5.58 Å². The molecule has 1 aromatic heterocycles. The van der Waals surface area contributed by atoms with Gasteiger partial charge in [0.25, 0.3) is 0 Å². The summed E-state index contributed by atoms with van der Waals surface area (Å²) in [5.74, 6) is -1.13. The van der Waals surface area contributed by atoms with Gasteiger partial charge in [-0.05, 0) is 37.3 Å². The molecule has 2 saturated heterocycles. The summed E-state index contributed by atoms with van der Waals surface area (Å²) in [5, 5.41) is 23.1. The van der Waals surface area contributed by atoms with Crippen molar-refractivity contribution in [3.8, 4) is 0 Å². The number of nitrogens with one attached hydrogen (secondary N) is 1. The second kappa shape index (κ2) is 6.24. The third kappa shape index (κ3) is 2.83. The first-order chi connectivity index (χ1) is 11.6. The Hall–Kier alpha value is -1.83. The molecule has 2 bridgehead atoms. The van der Waals surface area contributed by atoms with Crippen LogP contribution in [0.25, 0.3) is 11.0 Å². The molecule has 2 aliphatic rings. The van der Waals surface area contributed by atoms with Gasteiger partial charge in [0, 0.05) is 5.39 Å². The van der Waals surface area contributed by atoms with Gasteiger partial charge >= 0.3 is 7.12 Å². The largest absolute Gasteiger partial charge is 0.475 e. The SMILES string of the molecule is O=C(N[C@H](Cc1coc2ccccc12)B(O)O)[C@@H]1C[C@@H]2CC[C@H]1O2. The molecule has 6 nitrogen and oxygen atoms in total. The van der Waals surface area contributed by atoms with E-state index in [9.17, 15) is 14.8 Å². The Bertz CT molecular complexity index is 745. The molecule has 0 spiro atoms. The first-order valence-electron chi connectivity index (χ1n) is 8.39. The predicted molar refractivity (Wildman–Crippen MR) is 88.0 cm³/mol. The fraction of sp³-hybridized carbons (Fsp3) is 0.471. The van der Waals surface area contributed by atoms with E-state index < -0.39 is 13.1 Å². The number of amides is 1. The molecule has 4 rings (SSSR count). The van der Waals surface area contributed by atoms with Crippen LogP contribution in [0.5, 0.6) is 0 Å². The standard InChI is InChI=1S/C17H20BNO5/c20-17(13-8-11-5-6-15(13)24-11)19-16(18(21)22)7-10-9-23-14-4-2-1-3-12(10)14/h1-4,9,11,13,15-16,21-22H,5-8H2,(H,19,20)/t11-,13+,15+,16+/m0/s1. The number of benzene rings is 1. The van der Waals surface area contributed by atoms with Crippen molar-refractivity contribution >= 4 is 24.0 Å². The lowest BCUT2D eigenvalue weighted by Gasteiger charge is -2.23. The Morgan fingerprint density at radius 3 is 2.88 bits per heavy atom. The average molecular weight is 329 g/mol. The Balaban J connectivity index is 1.47. The van der Waals surface area contributed by atoms with E-state index in [4.69, 9.17) is 9.15 Å². The minimum absolute atomic E-state index is 0.0266. The number of carbonyl (C=O) groups excluding carboxylic acids is 1. The monoisotopic (exact) mass is 329 g/mol. The van der Waals surface area contributed by atoms with Crippen molar-refractivity contribution < 1.29 is 24.0 Å². The number of ether oxygens (including phenoxy) is 1. The number of furan rings is 1. The molecule has 4 atom stereocenters. The lowest BCUT2D eigenvalue weighted by atomic mass is 9.75. The van der Waals surface area contributed by atoms with Crippen LogP contribution in [0, 0.1) is 5.92 Å². The molecule has 0 radical (unpaired) electrons. The topological polar surface area (TPSA) is 91.9 Å². The number of carbonyl (C=O) groups is 1. The molecule has 126 valence electrons. The molecule has 2 aromatic rings. The number of para-hydroxylation sites is 1. The highest BCUT2D eigenvalue weighted by atomic mass is 16.5. The van der Waals surface area contributed by atoms with Gasteiger partial charge in [0.05, 0.1) is 30.3 Å². The average Bonchev–Trinajstić information content (AvgIpc) is 3.29. The van der Waals surface area contributed by atoms with Crippen molar-refractivity contribution in [1.82, 2.24) is 5.32 Å². The molecule has 7 heteroatoms. The number of fused-ring (bicyclic) bond motifs is 3. The van der Waals surface area contributed by atoms with E-state index in [1.807, 2.05) is 24.3 Å². The van der Waals surface area contributed by atoms with Crippen LogP contribution in [0.2, 0.25) is 0 Å². The minimum atomic E-state index is -1.64. The summed E-state index contributed by atoms with van der Waals surface area (Å²) in [4.78, 5) is 12.5. The van der Waals surface area contributed by atoms with Crippen molar-refractivity contribution in [3.63, 3.8) is 0 Å². The van der Waals surface area contributed by atoms with Crippen molar-refractivity contribution in [2.45, 2.75) is 43.8 Å². The molecule has 1 aromatic carbocycles. The summed E-state index contributed by atoms with van der Waals surface area (Å²) >= 11 is 0. The first kappa shape index (κ1) is 15.7. The maximum absolute atomic E-state index is 12.5. The Labute approximate surface area is 139 Å². The van der Waals surface area contributed by atoms with Crippen LogP contribution in [-0.2, 0) is 16.0 Å². The molecule has 3 N–H and O–H groups in total. The molecule has 0 aliphatic carbocycles. The van der Waals surface area contributed by atoms with Gasteiger partial charge < -0.3 is 24.5 Å². The summed E-state index contributed by atoms with van der Waals surface area (Å²) in [7, 11) is -1.64. The molecular formula is C17H20BNO5. The lowest BCUT2D eigenvalue weighted by Crippen LogP contribution is -2.50. The van der Waals surface area contributed by atoms with E-state index >= 15 is 0 Å². The normalized spacial score (nSPS) is 26.7. The molecular weight excluding hydrogens is 309 g/mol. The van der Waals surface area contributed by atoms with E-state index in [-0.39, 0.29) is 24.0 Å². The van der Waals surface area contributed by atoms with Gasteiger partial charge in [0.2, 0.25) is 5.91 Å². The number of hydrogen-bond donors (Lipinski definition) is 3. The minimum Gasteiger partial charge on any atom is -0.464 e. The van der Waals surface area contributed by atoms with Gasteiger partial charge in [-0.3, -0.25) is 4.79 Å². The zero-order valence-corrected chi connectivity index (χ0v) is 13.2. The van der Waals surface area contributed by atoms with Crippen LogP contribution in [0.15, 0.2) is 34.9 Å². The van der Waals surface area contributed by atoms with E-state index in [1.54, 1.807) is 6.26 Å². The summed E-state index contributed by atoms with van der Waals surface area (Å²) in [6.07, 6.45) is 4.69. The van der Waals surface area contributed by atoms with Crippen LogP contribution in [-0.4, -0.2) is 41.2 Å². The number of rotatable bonds is 5. The van der Waals surface area contributed by atoms with Gasteiger partial charge in [0.15, 0.2) is 0 Å². The predicted octanol–water partition coefficient (Wildman–Crippen LogP) is 1.04. The van der Waals surface area contributed by atoms with Gasteiger partial charge in [-0.15, -0.1) is 0 Å². The molecule has 1 amide bonds. The molecule has 0 saturated carbocycles. The second-order valence-corrected chi connectivity index (χ2v) is 6.71. The first-order valence-corrected chi connectivity index (χ1v) is 8.39. The van der Waals surface area contributed by atoms with E-state index in [1.165, 1.54) is 0 Å². The van der Waals surface area contributed by atoms with E-state index in [0.29, 0.717) is 6.42 Å². The van der Waals surface area contributed by atoms with Crippen molar-refractivity contribution in [2.24, 2.45) is 5.92 Å². The van der Waals surface area contributed by atoms with Crippen LogP contribution in [0.4, 0.5) is 0 Å². The van der Waals surface area contributed by atoms with E-state index in [2.05, 4.69) is 5.32 Å². The summed E-state index contributed by atoms with van der Waals surface area (Å²) < 4.78 is 11.2. The molecule has 2 fully saturated rings. The van der Waals surface area contributed by atoms with E-state index in [0.717, 1.165) is 35.8 Å². The fourth-order valence-electron chi connectivity index (χ4n) is 3.86. The van der Waals surface area contributed by atoms with Crippen molar-refractivity contribution in [2.75, 3.05) is 0 Å². The lowest BCUT2D eigenvalue weighted by molar-refractivity contribution is -0.126. The smallest absolute Gasteiger partial charge is 0.464 e. The van der Waals surface area contributed by atoms with Gasteiger partial charge in [-0.1, -0.05) is 18.2 Å². The number of hydrogen-bond acceptors (Lipinski definition) is 5. The summed E-state index contributed by atoms with van der Waals surface area (Å²) in [6, 6.07) is 7.55. The van der Waals surface area contributed by atoms with Crippen molar-refractivity contribution in [3.05, 3.63) is 36.1 Å². The Morgan fingerprint density at radius 1 is 1.33 bits per heavy atom. The van der Waals surface area contributed by atoms with Gasteiger partial charge in [-0.25, -0.2) is 0 Å². The Morgan fingerprint density at radius 2 is 2.17 bits per heavy atom. The quantitative estimate of drug-likeness (QED) is 0.713. The van der Waals surface area contributed by atoms with Crippen LogP contribution < -0.4 is 5.32 Å². The van der Waals surface area contributed by atoms with Crippen LogP contribution in [0.1, 0.15) is 24.8 Å². The third-order valence-electron chi connectivity index (χ3n) is 5.13. The summed E-state index contributed by atoms with van der Waals surface area (Å²) in [5.41, 5.74) is 1.58. The second-order valence-electron chi connectivity index (χ2n) is 6.71. The van der Waals surface area contributed by atoms with Gasteiger partial charge in [-0.2, -0.15) is 0 Å². The highest BCUT2D eigenvalue weighted by molar-refractivity contribution is 6.43.